The molecular formula is C17H24FNO2. The van der Waals surface area contributed by atoms with E-state index < -0.39 is 11.5 Å². The lowest BCUT2D eigenvalue weighted by Gasteiger charge is -2.44. The van der Waals surface area contributed by atoms with Gasteiger partial charge in [-0.25, -0.2) is 9.18 Å². The minimum Gasteiger partial charge on any atom is -0.479 e. The van der Waals surface area contributed by atoms with Crippen LogP contribution in [-0.4, -0.2) is 16.6 Å². The lowest BCUT2D eigenvalue weighted by atomic mass is 9.67. The third-order valence-corrected chi connectivity index (χ3v) is 4.57. The first-order valence-electron chi connectivity index (χ1n) is 7.64. The molecule has 0 radical (unpaired) electrons. The van der Waals surface area contributed by atoms with Crippen LogP contribution in [0.3, 0.4) is 0 Å². The Balaban J connectivity index is 2.39. The molecule has 1 aromatic rings. The number of aliphatic carboxylic acids is 1. The zero-order chi connectivity index (χ0) is 15.6. The number of carboxylic acids is 1. The molecule has 0 heterocycles. The van der Waals surface area contributed by atoms with Gasteiger partial charge in [0, 0.05) is 5.69 Å². The number of hydrogen-bond acceptors (Lipinski definition) is 2. The zero-order valence-electron chi connectivity index (χ0n) is 12.9. The minimum absolute atomic E-state index is 0.0484. The average Bonchev–Trinajstić information content (AvgIpc) is 2.37. The molecule has 1 aromatic carbocycles. The molecule has 0 spiro atoms. The Labute approximate surface area is 125 Å². The summed E-state index contributed by atoms with van der Waals surface area (Å²) in [5.74, 6) is -0.853. The second kappa shape index (κ2) is 6.04. The number of nitrogens with one attached hydrogen (secondary N) is 1. The zero-order valence-corrected chi connectivity index (χ0v) is 12.9. The van der Waals surface area contributed by atoms with Gasteiger partial charge in [0.2, 0.25) is 0 Å². The van der Waals surface area contributed by atoms with Crippen molar-refractivity contribution in [1.82, 2.24) is 0 Å². The summed E-state index contributed by atoms with van der Waals surface area (Å²) in [5, 5.41) is 13.0. The summed E-state index contributed by atoms with van der Waals surface area (Å²) in [6.45, 7) is 5.93. The number of carbonyl (C=O) groups is 1. The van der Waals surface area contributed by atoms with Crippen LogP contribution in [0.2, 0.25) is 0 Å². The molecule has 3 nitrogen and oxygen atoms in total. The average molecular weight is 293 g/mol. The van der Waals surface area contributed by atoms with Gasteiger partial charge in [-0.15, -0.1) is 0 Å². The van der Waals surface area contributed by atoms with Crippen molar-refractivity contribution in [2.45, 2.75) is 52.0 Å². The van der Waals surface area contributed by atoms with Crippen LogP contribution in [0, 0.1) is 24.6 Å². The van der Waals surface area contributed by atoms with E-state index in [1.165, 1.54) is 12.1 Å². The third kappa shape index (κ3) is 3.20. The summed E-state index contributed by atoms with van der Waals surface area (Å²) in [6, 6.07) is 4.63. The molecule has 116 valence electrons. The van der Waals surface area contributed by atoms with Crippen molar-refractivity contribution in [1.29, 1.82) is 0 Å². The molecule has 0 aliphatic heterocycles. The highest BCUT2D eigenvalue weighted by Gasteiger charge is 2.48. The van der Waals surface area contributed by atoms with Crippen LogP contribution in [0.1, 0.15) is 45.1 Å². The van der Waals surface area contributed by atoms with E-state index in [4.69, 9.17) is 0 Å². The van der Waals surface area contributed by atoms with Gasteiger partial charge in [-0.2, -0.15) is 0 Å². The molecule has 2 rings (SSSR count). The highest BCUT2D eigenvalue weighted by molar-refractivity contribution is 5.83. The van der Waals surface area contributed by atoms with Crippen molar-refractivity contribution >= 4 is 11.7 Å². The van der Waals surface area contributed by atoms with Crippen LogP contribution in [0.15, 0.2) is 18.2 Å². The van der Waals surface area contributed by atoms with Crippen LogP contribution < -0.4 is 5.32 Å². The largest absolute Gasteiger partial charge is 0.479 e. The van der Waals surface area contributed by atoms with Crippen molar-refractivity contribution in [3.63, 3.8) is 0 Å². The van der Waals surface area contributed by atoms with Crippen LogP contribution in [0.25, 0.3) is 0 Å². The molecule has 2 N–H and O–H groups in total. The summed E-state index contributed by atoms with van der Waals surface area (Å²) in [7, 11) is 0. The summed E-state index contributed by atoms with van der Waals surface area (Å²) in [4.78, 5) is 12.0. The van der Waals surface area contributed by atoms with E-state index in [-0.39, 0.29) is 17.7 Å². The topological polar surface area (TPSA) is 49.3 Å². The van der Waals surface area contributed by atoms with Crippen molar-refractivity contribution in [3.05, 3.63) is 29.6 Å². The van der Waals surface area contributed by atoms with Gasteiger partial charge in [0.15, 0.2) is 0 Å². The van der Waals surface area contributed by atoms with E-state index in [0.29, 0.717) is 12.1 Å². The Morgan fingerprint density at radius 3 is 2.67 bits per heavy atom. The lowest BCUT2D eigenvalue weighted by Crippen LogP contribution is -2.55. The van der Waals surface area contributed by atoms with Crippen LogP contribution in [0.5, 0.6) is 0 Å². The van der Waals surface area contributed by atoms with E-state index in [2.05, 4.69) is 19.2 Å². The highest BCUT2D eigenvalue weighted by Crippen LogP contribution is 2.41. The molecule has 1 fully saturated rings. The Morgan fingerprint density at radius 1 is 1.38 bits per heavy atom. The SMILES string of the molecule is Cc1cc(F)cc(NC2(C(=O)O)CCCCC2C(C)C)c1. The second-order valence-electron chi connectivity index (χ2n) is 6.52. The maximum Gasteiger partial charge on any atom is 0.329 e. The summed E-state index contributed by atoms with van der Waals surface area (Å²) >= 11 is 0. The fourth-order valence-electron chi connectivity index (χ4n) is 3.64. The highest BCUT2D eigenvalue weighted by atomic mass is 19.1. The molecule has 2 unspecified atom stereocenters. The Morgan fingerprint density at radius 2 is 2.10 bits per heavy atom. The van der Waals surface area contributed by atoms with Crippen LogP contribution in [-0.2, 0) is 4.79 Å². The van der Waals surface area contributed by atoms with Gasteiger partial charge < -0.3 is 10.4 Å². The molecule has 0 aromatic heterocycles. The smallest absolute Gasteiger partial charge is 0.329 e. The second-order valence-corrected chi connectivity index (χ2v) is 6.52. The first-order valence-corrected chi connectivity index (χ1v) is 7.64. The summed E-state index contributed by atoms with van der Waals surface area (Å²) < 4.78 is 13.6. The summed E-state index contributed by atoms with van der Waals surface area (Å²) in [5.41, 5.74) is 0.351. The van der Waals surface area contributed by atoms with Crippen molar-refractivity contribution in [3.8, 4) is 0 Å². The van der Waals surface area contributed by atoms with E-state index in [9.17, 15) is 14.3 Å². The number of aryl methyl sites for hydroxylation is 1. The molecule has 1 aliphatic carbocycles. The van der Waals surface area contributed by atoms with E-state index in [1.54, 1.807) is 6.07 Å². The summed E-state index contributed by atoms with van der Waals surface area (Å²) in [6.07, 6.45) is 3.42. The molecule has 1 aliphatic rings. The predicted molar refractivity (Wildman–Crippen MR) is 81.9 cm³/mol. The normalized spacial score (nSPS) is 25.9. The first-order chi connectivity index (χ1) is 9.85. The van der Waals surface area contributed by atoms with Gasteiger partial charge in [0.25, 0.3) is 0 Å². The number of benzene rings is 1. The van der Waals surface area contributed by atoms with Gasteiger partial charge in [0.1, 0.15) is 11.4 Å². The van der Waals surface area contributed by atoms with E-state index >= 15 is 0 Å². The van der Waals surface area contributed by atoms with Gasteiger partial charge in [-0.3, -0.25) is 0 Å². The van der Waals surface area contributed by atoms with E-state index in [1.807, 2.05) is 6.92 Å². The number of halogens is 1. The molecule has 1 saturated carbocycles. The number of rotatable bonds is 4. The maximum absolute atomic E-state index is 13.6. The molecular weight excluding hydrogens is 269 g/mol. The Kier molecular flexibility index (Phi) is 4.55. The predicted octanol–water partition coefficient (Wildman–Crippen LogP) is 4.22. The fraction of sp³-hybridized carbons (Fsp3) is 0.588. The molecule has 4 heteroatoms. The first kappa shape index (κ1) is 15.8. The van der Waals surface area contributed by atoms with Crippen molar-refractivity contribution in [2.75, 3.05) is 5.32 Å². The third-order valence-electron chi connectivity index (χ3n) is 4.57. The van der Waals surface area contributed by atoms with Gasteiger partial charge in [-0.05, 0) is 55.4 Å². The van der Waals surface area contributed by atoms with Gasteiger partial charge >= 0.3 is 5.97 Å². The van der Waals surface area contributed by atoms with Crippen LogP contribution in [0.4, 0.5) is 10.1 Å². The maximum atomic E-state index is 13.6. The quantitative estimate of drug-likeness (QED) is 0.874. The Hall–Kier alpha value is -1.58. The van der Waals surface area contributed by atoms with Gasteiger partial charge in [0.05, 0.1) is 0 Å². The molecule has 0 saturated heterocycles. The van der Waals surface area contributed by atoms with Gasteiger partial charge in [-0.1, -0.05) is 26.7 Å². The van der Waals surface area contributed by atoms with Crippen LogP contribution >= 0.6 is 0 Å². The van der Waals surface area contributed by atoms with E-state index in [0.717, 1.165) is 24.8 Å². The molecule has 0 amide bonds. The molecule has 21 heavy (non-hydrogen) atoms. The standard InChI is InChI=1S/C17H24FNO2/c1-11(2)15-6-4-5-7-17(15,16(20)21)19-14-9-12(3)8-13(18)10-14/h8-11,15,19H,4-7H2,1-3H3,(H,20,21). The minimum atomic E-state index is -0.993. The fourth-order valence-corrected chi connectivity index (χ4v) is 3.64. The Bertz CT molecular complexity index is 509. The molecule has 2 atom stereocenters. The number of anilines is 1. The number of hydrogen-bond donors (Lipinski definition) is 2. The van der Waals surface area contributed by atoms with Crippen molar-refractivity contribution < 1.29 is 14.3 Å². The molecule has 0 bridgehead atoms. The lowest BCUT2D eigenvalue weighted by molar-refractivity contribution is -0.146. The monoisotopic (exact) mass is 293 g/mol. The number of carboxylic acid groups (broad SMARTS) is 1. The van der Waals surface area contributed by atoms with Crippen molar-refractivity contribution in [2.24, 2.45) is 11.8 Å².